The Labute approximate surface area is 293 Å². The van der Waals surface area contributed by atoms with Crippen LogP contribution in [-0.4, -0.2) is 10.7 Å². The number of hydrogen-bond donors (Lipinski definition) is 0. The van der Waals surface area contributed by atoms with E-state index in [0.717, 1.165) is 34.0 Å². The average Bonchev–Trinajstić information content (AvgIpc) is 3.86. The number of fused-ring (bicyclic) bond motifs is 11. The average molecular weight is 659 g/mol. The third-order valence-corrected chi connectivity index (χ3v) is 11.7. The minimum atomic E-state index is -0.0249. The van der Waals surface area contributed by atoms with Gasteiger partial charge in [-0.2, -0.15) is 0 Å². The van der Waals surface area contributed by atoms with Gasteiger partial charge in [-0.15, -0.1) is 11.3 Å². The van der Waals surface area contributed by atoms with Gasteiger partial charge in [-0.1, -0.05) is 121 Å². The standard InChI is InChI=1S/C46H30N2OS/c1-2-15-30(16-3-1)47-37-23-9-6-18-32(37)34-21-12-24-38(44(34)47)48(39-25-13-22-35-33-19-7-10-26-41(33)49-45(35)39)40-28-29-14-4-5-17-31(29)46-43(40)36-20-8-11-27-42(36)50-46/h1-28,33,41H. The molecule has 2 atom stereocenters. The molecule has 2 unspecified atom stereocenters. The maximum atomic E-state index is 6.94. The second-order valence-electron chi connectivity index (χ2n) is 13.2. The number of para-hydroxylation sites is 4. The molecule has 1 aliphatic carbocycles. The number of hydrogen-bond acceptors (Lipinski definition) is 3. The fraction of sp³-hybridized carbons (Fsp3) is 0.0435. The Morgan fingerprint density at radius 2 is 1.30 bits per heavy atom. The molecule has 0 saturated carbocycles. The summed E-state index contributed by atoms with van der Waals surface area (Å²) in [6.07, 6.45) is 8.69. The van der Waals surface area contributed by atoms with Gasteiger partial charge in [0.15, 0.2) is 0 Å². The van der Waals surface area contributed by atoms with Crippen LogP contribution in [0.25, 0.3) is 58.4 Å². The van der Waals surface area contributed by atoms with Gasteiger partial charge >= 0.3 is 0 Å². The number of ether oxygens (including phenoxy) is 1. The zero-order valence-electron chi connectivity index (χ0n) is 27.0. The summed E-state index contributed by atoms with van der Waals surface area (Å²) in [5.41, 5.74) is 7.99. The molecular weight excluding hydrogens is 629 g/mol. The summed E-state index contributed by atoms with van der Waals surface area (Å²) >= 11 is 1.88. The first-order valence-electron chi connectivity index (χ1n) is 17.2. The Balaban J connectivity index is 1.32. The Bertz CT molecular complexity index is 2880. The maximum absolute atomic E-state index is 6.94. The first-order valence-corrected chi connectivity index (χ1v) is 18.0. The Morgan fingerprint density at radius 1 is 0.580 bits per heavy atom. The molecule has 0 bridgehead atoms. The van der Waals surface area contributed by atoms with Crippen LogP contribution in [0.4, 0.5) is 17.1 Å². The maximum Gasteiger partial charge on any atom is 0.148 e. The lowest BCUT2D eigenvalue weighted by molar-refractivity contribution is 0.269. The van der Waals surface area contributed by atoms with Crippen molar-refractivity contribution < 1.29 is 4.74 Å². The molecule has 3 heterocycles. The fourth-order valence-corrected chi connectivity index (χ4v) is 9.61. The molecule has 236 valence electrons. The van der Waals surface area contributed by atoms with E-state index in [4.69, 9.17) is 4.74 Å². The van der Waals surface area contributed by atoms with Crippen molar-refractivity contribution in [2.45, 2.75) is 12.0 Å². The molecule has 3 nitrogen and oxygen atoms in total. The Hall–Kier alpha value is -6.10. The van der Waals surface area contributed by atoms with Crippen LogP contribution < -0.4 is 9.64 Å². The number of anilines is 3. The fourth-order valence-electron chi connectivity index (χ4n) is 8.36. The largest absolute Gasteiger partial charge is 0.483 e. The van der Waals surface area contributed by atoms with Gasteiger partial charge in [-0.25, -0.2) is 0 Å². The SMILES string of the molecule is C1=CC2Oc3c(cccc3N(c3cc4ccccc4c4sc5ccccc5c34)c3cccc4c5ccccc5n(-c5ccccc5)c34)C2C=C1. The van der Waals surface area contributed by atoms with E-state index in [1.807, 2.05) is 11.3 Å². The number of nitrogens with zero attached hydrogens (tertiary/aromatic N) is 2. The van der Waals surface area contributed by atoms with Gasteiger partial charge in [-0.05, 0) is 59.3 Å². The molecule has 0 spiro atoms. The molecule has 50 heavy (non-hydrogen) atoms. The van der Waals surface area contributed by atoms with E-state index in [9.17, 15) is 0 Å². The van der Waals surface area contributed by atoms with Gasteiger partial charge in [-0.3, -0.25) is 0 Å². The van der Waals surface area contributed by atoms with Crippen molar-refractivity contribution >= 4 is 81.1 Å². The normalized spacial score (nSPS) is 16.4. The highest BCUT2D eigenvalue weighted by Crippen LogP contribution is 2.55. The number of aromatic nitrogens is 1. The second-order valence-corrected chi connectivity index (χ2v) is 14.2. The molecule has 1 aliphatic heterocycles. The van der Waals surface area contributed by atoms with Crippen LogP contribution in [0.15, 0.2) is 170 Å². The molecule has 11 rings (SSSR count). The summed E-state index contributed by atoms with van der Waals surface area (Å²) < 4.78 is 12.0. The predicted molar refractivity (Wildman–Crippen MR) is 211 cm³/mol. The molecule has 2 aliphatic rings. The summed E-state index contributed by atoms with van der Waals surface area (Å²) in [6.45, 7) is 0. The number of benzene rings is 7. The summed E-state index contributed by atoms with van der Waals surface area (Å²) in [5.74, 6) is 1.13. The quantitative estimate of drug-likeness (QED) is 0.187. The first-order chi connectivity index (χ1) is 24.8. The number of rotatable bonds is 4. The highest BCUT2D eigenvalue weighted by Gasteiger charge is 2.36. The van der Waals surface area contributed by atoms with Gasteiger partial charge in [0.05, 0.1) is 28.1 Å². The zero-order valence-corrected chi connectivity index (χ0v) is 27.8. The summed E-state index contributed by atoms with van der Waals surface area (Å²) in [5, 5.41) is 7.47. The number of thiophene rings is 1. The lowest BCUT2D eigenvalue weighted by Crippen LogP contribution is -2.16. The van der Waals surface area contributed by atoms with Crippen LogP contribution in [0.3, 0.4) is 0 Å². The van der Waals surface area contributed by atoms with Crippen LogP contribution in [0.5, 0.6) is 5.75 Å². The lowest BCUT2D eigenvalue weighted by atomic mass is 9.91. The monoisotopic (exact) mass is 658 g/mol. The zero-order chi connectivity index (χ0) is 32.8. The van der Waals surface area contributed by atoms with Crippen molar-refractivity contribution in [1.82, 2.24) is 4.57 Å². The van der Waals surface area contributed by atoms with Gasteiger partial charge in [0.25, 0.3) is 0 Å². The minimum absolute atomic E-state index is 0.0249. The highest BCUT2D eigenvalue weighted by atomic mass is 32.1. The van der Waals surface area contributed by atoms with E-state index in [0.29, 0.717) is 0 Å². The molecule has 4 heteroatoms. The van der Waals surface area contributed by atoms with E-state index < -0.39 is 0 Å². The predicted octanol–water partition coefficient (Wildman–Crippen LogP) is 12.7. The van der Waals surface area contributed by atoms with Crippen LogP contribution in [0.1, 0.15) is 11.5 Å². The minimum Gasteiger partial charge on any atom is -0.483 e. The van der Waals surface area contributed by atoms with Crippen molar-refractivity contribution in [3.8, 4) is 11.4 Å². The highest BCUT2D eigenvalue weighted by molar-refractivity contribution is 7.26. The molecule has 0 N–H and O–H groups in total. The molecule has 7 aromatic carbocycles. The van der Waals surface area contributed by atoms with Gasteiger partial charge in [0.1, 0.15) is 11.9 Å². The van der Waals surface area contributed by atoms with E-state index in [2.05, 4.69) is 179 Å². The molecule has 0 radical (unpaired) electrons. The molecule has 0 amide bonds. The summed E-state index contributed by atoms with van der Waals surface area (Å²) in [6, 6.07) is 53.1. The third kappa shape index (κ3) is 3.91. The van der Waals surface area contributed by atoms with Crippen molar-refractivity contribution in [2.75, 3.05) is 4.90 Å². The molecule has 9 aromatic rings. The van der Waals surface area contributed by atoms with E-state index in [1.165, 1.54) is 52.8 Å². The van der Waals surface area contributed by atoms with Gasteiger partial charge in [0, 0.05) is 48.1 Å². The van der Waals surface area contributed by atoms with Crippen LogP contribution in [0, 0.1) is 0 Å². The lowest BCUT2D eigenvalue weighted by Gasteiger charge is -2.29. The third-order valence-electron chi connectivity index (χ3n) is 10.5. The van der Waals surface area contributed by atoms with E-state index in [1.54, 1.807) is 0 Å². The Morgan fingerprint density at radius 3 is 2.22 bits per heavy atom. The van der Waals surface area contributed by atoms with Crippen molar-refractivity contribution in [3.05, 3.63) is 175 Å². The van der Waals surface area contributed by atoms with Crippen molar-refractivity contribution in [3.63, 3.8) is 0 Å². The van der Waals surface area contributed by atoms with Crippen LogP contribution in [0.2, 0.25) is 0 Å². The van der Waals surface area contributed by atoms with Crippen LogP contribution >= 0.6 is 11.3 Å². The topological polar surface area (TPSA) is 17.4 Å². The summed E-state index contributed by atoms with van der Waals surface area (Å²) in [7, 11) is 0. The van der Waals surface area contributed by atoms with E-state index >= 15 is 0 Å². The molecule has 0 fully saturated rings. The summed E-state index contributed by atoms with van der Waals surface area (Å²) in [4.78, 5) is 2.50. The van der Waals surface area contributed by atoms with Crippen molar-refractivity contribution in [2.24, 2.45) is 0 Å². The second kappa shape index (κ2) is 10.7. The molecule has 0 saturated heterocycles. The smallest absolute Gasteiger partial charge is 0.148 e. The first kappa shape index (κ1) is 27.8. The molecule has 2 aromatic heterocycles. The number of allylic oxidation sites excluding steroid dienone is 2. The van der Waals surface area contributed by atoms with E-state index in [-0.39, 0.29) is 12.0 Å². The van der Waals surface area contributed by atoms with Gasteiger partial charge in [0.2, 0.25) is 0 Å². The molecular formula is C46H30N2OS. The Kier molecular flexibility index (Phi) is 5.95. The van der Waals surface area contributed by atoms with Crippen LogP contribution in [-0.2, 0) is 0 Å². The van der Waals surface area contributed by atoms with Crippen molar-refractivity contribution in [1.29, 1.82) is 0 Å². The van der Waals surface area contributed by atoms with Gasteiger partial charge < -0.3 is 14.2 Å².